The summed E-state index contributed by atoms with van der Waals surface area (Å²) in [6.07, 6.45) is 0. The first-order chi connectivity index (χ1) is 9.25. The van der Waals surface area contributed by atoms with Crippen LogP contribution < -0.4 is 4.72 Å². The number of benzene rings is 1. The molecule has 20 heavy (non-hydrogen) atoms. The van der Waals surface area contributed by atoms with E-state index in [0.717, 1.165) is 6.07 Å². The third-order valence-electron chi connectivity index (χ3n) is 2.08. The summed E-state index contributed by atoms with van der Waals surface area (Å²) in [5, 5.41) is 8.85. The van der Waals surface area contributed by atoms with Crippen molar-refractivity contribution >= 4 is 39.3 Å². The molecule has 1 rings (SSSR count). The number of anilines is 1. The molecule has 0 amide bonds. The average molecular weight is 322 g/mol. The number of nitrogens with one attached hydrogen (secondary N) is 1. The highest BCUT2D eigenvalue weighted by atomic mass is 35.5. The molecule has 1 aromatic carbocycles. The van der Waals surface area contributed by atoms with Crippen molar-refractivity contribution in [2.24, 2.45) is 0 Å². The molecule has 1 aromatic rings. The molecule has 0 unspecified atom stereocenters. The molecule has 0 radical (unpaired) electrons. The Kier molecular flexibility index (Phi) is 5.34. The number of carbonyl (C=O) groups excluding carboxylic acids is 1. The summed E-state index contributed by atoms with van der Waals surface area (Å²) in [4.78, 5) is 22.0. The monoisotopic (exact) mass is 321 g/mol. The van der Waals surface area contributed by atoms with Crippen LogP contribution in [0.1, 0.15) is 17.3 Å². The van der Waals surface area contributed by atoms with E-state index in [1.807, 2.05) is 0 Å². The van der Waals surface area contributed by atoms with Crippen molar-refractivity contribution in [3.8, 4) is 0 Å². The number of carboxylic acid groups (broad SMARTS) is 1. The minimum atomic E-state index is -3.97. The lowest BCUT2D eigenvalue weighted by atomic mass is 10.2. The lowest BCUT2D eigenvalue weighted by Crippen LogP contribution is -2.24. The van der Waals surface area contributed by atoms with Crippen LogP contribution in [0, 0.1) is 0 Å². The normalized spacial score (nSPS) is 10.9. The Morgan fingerprint density at radius 1 is 1.40 bits per heavy atom. The Morgan fingerprint density at radius 3 is 2.60 bits per heavy atom. The van der Waals surface area contributed by atoms with Crippen LogP contribution in [-0.2, 0) is 19.6 Å². The van der Waals surface area contributed by atoms with E-state index in [1.54, 1.807) is 6.92 Å². The number of ether oxygens (including phenoxy) is 1. The minimum Gasteiger partial charge on any atom is -0.478 e. The van der Waals surface area contributed by atoms with Crippen LogP contribution in [0.15, 0.2) is 18.2 Å². The topological polar surface area (TPSA) is 110 Å². The van der Waals surface area contributed by atoms with E-state index in [9.17, 15) is 18.0 Å². The summed E-state index contributed by atoms with van der Waals surface area (Å²) >= 11 is 5.66. The first kappa shape index (κ1) is 16.3. The fourth-order valence-corrected chi connectivity index (χ4v) is 2.48. The average Bonchev–Trinajstić information content (AvgIpc) is 2.30. The highest BCUT2D eigenvalue weighted by Gasteiger charge is 2.18. The number of carboxylic acids is 1. The number of halogens is 1. The van der Waals surface area contributed by atoms with Gasteiger partial charge in [-0.25, -0.2) is 13.2 Å². The van der Waals surface area contributed by atoms with Gasteiger partial charge in [0, 0.05) is 5.69 Å². The van der Waals surface area contributed by atoms with E-state index < -0.39 is 27.7 Å². The Morgan fingerprint density at radius 2 is 2.05 bits per heavy atom. The molecular formula is C11H12ClNO6S. The maximum Gasteiger partial charge on any atom is 0.337 e. The zero-order valence-corrected chi connectivity index (χ0v) is 12.0. The standard InChI is InChI=1S/C11H12ClNO6S/c1-2-19-10(14)6-20(17,18)13-7-3-4-9(12)8(5-7)11(15)16/h3-5,13H,2,6H2,1H3,(H,15,16). The van der Waals surface area contributed by atoms with E-state index in [-0.39, 0.29) is 22.9 Å². The highest BCUT2D eigenvalue weighted by Crippen LogP contribution is 2.21. The van der Waals surface area contributed by atoms with Crippen LogP contribution in [0.4, 0.5) is 5.69 Å². The zero-order valence-electron chi connectivity index (χ0n) is 10.4. The molecule has 0 fully saturated rings. The quantitative estimate of drug-likeness (QED) is 0.765. The van der Waals surface area contributed by atoms with Crippen LogP contribution in [0.2, 0.25) is 5.02 Å². The fourth-order valence-electron chi connectivity index (χ4n) is 1.33. The van der Waals surface area contributed by atoms with Crippen molar-refractivity contribution in [2.45, 2.75) is 6.92 Å². The number of carbonyl (C=O) groups is 2. The molecule has 0 aromatic heterocycles. The van der Waals surface area contributed by atoms with Gasteiger partial charge in [0.15, 0.2) is 5.75 Å². The van der Waals surface area contributed by atoms with Crippen molar-refractivity contribution in [3.63, 3.8) is 0 Å². The van der Waals surface area contributed by atoms with E-state index in [0.29, 0.717) is 0 Å². The van der Waals surface area contributed by atoms with Gasteiger partial charge in [0.05, 0.1) is 17.2 Å². The molecule has 0 atom stereocenters. The van der Waals surface area contributed by atoms with E-state index in [4.69, 9.17) is 16.7 Å². The molecule has 0 bridgehead atoms. The van der Waals surface area contributed by atoms with Crippen molar-refractivity contribution in [1.29, 1.82) is 0 Å². The van der Waals surface area contributed by atoms with E-state index in [1.165, 1.54) is 12.1 Å². The van der Waals surface area contributed by atoms with Crippen LogP contribution in [-0.4, -0.2) is 37.8 Å². The molecule has 0 aliphatic carbocycles. The Balaban J connectivity index is 2.90. The van der Waals surface area contributed by atoms with E-state index >= 15 is 0 Å². The molecule has 0 saturated carbocycles. The van der Waals surface area contributed by atoms with Gasteiger partial charge in [-0.05, 0) is 25.1 Å². The third kappa shape index (κ3) is 4.71. The molecule has 110 valence electrons. The highest BCUT2D eigenvalue weighted by molar-refractivity contribution is 7.93. The second-order valence-corrected chi connectivity index (χ2v) is 5.80. The largest absolute Gasteiger partial charge is 0.478 e. The summed E-state index contributed by atoms with van der Waals surface area (Å²) in [5.74, 6) is -3.04. The van der Waals surface area contributed by atoms with Gasteiger partial charge >= 0.3 is 11.9 Å². The minimum absolute atomic E-state index is 0.00361. The van der Waals surface area contributed by atoms with Crippen molar-refractivity contribution in [2.75, 3.05) is 17.1 Å². The summed E-state index contributed by atoms with van der Waals surface area (Å²) in [6.45, 7) is 1.62. The molecule has 2 N–H and O–H groups in total. The summed E-state index contributed by atoms with van der Waals surface area (Å²) in [7, 11) is -3.97. The Labute approximate surface area is 120 Å². The zero-order chi connectivity index (χ0) is 15.3. The molecular weight excluding hydrogens is 310 g/mol. The SMILES string of the molecule is CCOC(=O)CS(=O)(=O)Nc1ccc(Cl)c(C(=O)O)c1. The smallest absolute Gasteiger partial charge is 0.337 e. The number of aromatic carboxylic acids is 1. The molecule has 7 nitrogen and oxygen atoms in total. The van der Waals surface area contributed by atoms with Gasteiger partial charge in [0.2, 0.25) is 10.0 Å². The van der Waals surface area contributed by atoms with Crippen molar-refractivity contribution in [3.05, 3.63) is 28.8 Å². The number of hydrogen-bond donors (Lipinski definition) is 2. The van der Waals surface area contributed by atoms with Crippen molar-refractivity contribution in [1.82, 2.24) is 0 Å². The lowest BCUT2D eigenvalue weighted by molar-refractivity contribution is -0.139. The van der Waals surface area contributed by atoms with Crippen LogP contribution in [0.25, 0.3) is 0 Å². The van der Waals surface area contributed by atoms with Gasteiger partial charge in [-0.3, -0.25) is 9.52 Å². The summed E-state index contributed by atoms with van der Waals surface area (Å²) < 4.78 is 29.9. The number of rotatable bonds is 6. The summed E-state index contributed by atoms with van der Waals surface area (Å²) in [6, 6.07) is 3.60. The van der Waals surface area contributed by atoms with Crippen LogP contribution >= 0.6 is 11.6 Å². The molecule has 9 heteroatoms. The predicted molar refractivity (Wildman–Crippen MR) is 72.5 cm³/mol. The molecule has 0 saturated heterocycles. The Bertz CT molecular complexity index is 628. The Hall–Kier alpha value is -1.80. The van der Waals surface area contributed by atoms with E-state index in [2.05, 4.69) is 9.46 Å². The van der Waals surface area contributed by atoms with Gasteiger partial charge in [0.25, 0.3) is 0 Å². The number of sulfonamides is 1. The molecule has 0 heterocycles. The maximum atomic E-state index is 11.7. The first-order valence-corrected chi connectivity index (χ1v) is 7.47. The second kappa shape index (κ2) is 6.58. The second-order valence-electron chi connectivity index (χ2n) is 3.67. The van der Waals surface area contributed by atoms with Crippen molar-refractivity contribution < 1.29 is 27.9 Å². The van der Waals surface area contributed by atoms with Gasteiger partial charge in [-0.2, -0.15) is 0 Å². The van der Waals surface area contributed by atoms with Gasteiger partial charge in [0.1, 0.15) is 0 Å². The predicted octanol–water partition coefficient (Wildman–Crippen LogP) is 1.34. The number of esters is 1. The van der Waals surface area contributed by atoms with Crippen LogP contribution in [0.3, 0.4) is 0 Å². The van der Waals surface area contributed by atoms with Gasteiger partial charge in [-0.1, -0.05) is 11.6 Å². The molecule has 0 spiro atoms. The summed E-state index contributed by atoms with van der Waals surface area (Å²) in [5.41, 5.74) is -0.251. The lowest BCUT2D eigenvalue weighted by Gasteiger charge is -2.09. The third-order valence-corrected chi connectivity index (χ3v) is 3.58. The van der Waals surface area contributed by atoms with Gasteiger partial charge in [-0.15, -0.1) is 0 Å². The fraction of sp³-hybridized carbons (Fsp3) is 0.273. The maximum absolute atomic E-state index is 11.7. The molecule has 0 aliphatic rings. The first-order valence-electron chi connectivity index (χ1n) is 5.44. The molecule has 0 aliphatic heterocycles. The number of hydrogen-bond acceptors (Lipinski definition) is 5. The van der Waals surface area contributed by atoms with Gasteiger partial charge < -0.3 is 9.84 Å². The van der Waals surface area contributed by atoms with Crippen LogP contribution in [0.5, 0.6) is 0 Å².